The summed E-state index contributed by atoms with van der Waals surface area (Å²) < 4.78 is 2.79. The number of ketones is 1. The number of carbonyl (C=O) groups is 1. The van der Waals surface area contributed by atoms with Gasteiger partial charge in [-0.25, -0.2) is 0 Å². The van der Waals surface area contributed by atoms with Gasteiger partial charge in [0.15, 0.2) is 0 Å². The average molecular weight is 350 g/mol. The van der Waals surface area contributed by atoms with E-state index in [1.807, 2.05) is 48.9 Å². The number of rotatable bonds is 6. The number of halogens is 1. The summed E-state index contributed by atoms with van der Waals surface area (Å²) in [6.07, 6.45) is 0.339. The summed E-state index contributed by atoms with van der Waals surface area (Å²) in [5.74, 6) is -0.141. The first-order valence-corrected chi connectivity index (χ1v) is 7.87. The van der Waals surface area contributed by atoms with Crippen molar-refractivity contribution in [3.8, 4) is 0 Å². The van der Waals surface area contributed by atoms with Crippen molar-refractivity contribution in [2.75, 3.05) is 6.54 Å². The smallest absolute Gasteiger partial charge is 0.147 e. The molecule has 2 N–H and O–H groups in total. The molecule has 5 heteroatoms. The van der Waals surface area contributed by atoms with E-state index >= 15 is 0 Å². The highest BCUT2D eigenvalue weighted by Crippen LogP contribution is 2.24. The molecule has 0 spiro atoms. The van der Waals surface area contributed by atoms with Crippen molar-refractivity contribution in [3.05, 3.63) is 51.8 Å². The van der Waals surface area contributed by atoms with Gasteiger partial charge >= 0.3 is 0 Å². The third kappa shape index (κ3) is 3.41. The predicted octanol–water partition coefficient (Wildman–Crippen LogP) is 2.83. The molecule has 1 heterocycles. The Morgan fingerprint density at radius 3 is 2.62 bits per heavy atom. The van der Waals surface area contributed by atoms with Crippen LogP contribution in [0, 0.1) is 6.92 Å². The van der Waals surface area contributed by atoms with Crippen LogP contribution in [0.25, 0.3) is 0 Å². The fourth-order valence-corrected chi connectivity index (χ4v) is 2.89. The minimum atomic E-state index is -0.265. The quantitative estimate of drug-likeness (QED) is 0.872. The first-order valence-electron chi connectivity index (χ1n) is 7.08. The molecule has 0 fully saturated rings. The maximum absolute atomic E-state index is 12.6. The lowest BCUT2D eigenvalue weighted by atomic mass is 9.92. The van der Waals surface area contributed by atoms with Crippen LogP contribution in [0.2, 0.25) is 0 Å². The largest absolute Gasteiger partial charge is 0.329 e. The van der Waals surface area contributed by atoms with E-state index in [4.69, 9.17) is 5.73 Å². The van der Waals surface area contributed by atoms with Gasteiger partial charge in [0.2, 0.25) is 0 Å². The predicted molar refractivity (Wildman–Crippen MR) is 87.3 cm³/mol. The van der Waals surface area contributed by atoms with E-state index < -0.39 is 0 Å². The SMILES string of the molecule is CCn1nc(C)c(Br)c1CC(=O)C(CN)c1ccccc1. The highest BCUT2D eigenvalue weighted by molar-refractivity contribution is 9.10. The van der Waals surface area contributed by atoms with Crippen LogP contribution in [-0.4, -0.2) is 22.1 Å². The standard InChI is InChI=1S/C16H20BrN3O/c1-3-20-14(16(17)11(2)19-20)9-15(21)13(10-18)12-7-5-4-6-8-12/h4-8,13H,3,9-10,18H2,1-2H3. The van der Waals surface area contributed by atoms with Crippen LogP contribution in [0.5, 0.6) is 0 Å². The van der Waals surface area contributed by atoms with Crippen molar-refractivity contribution >= 4 is 21.7 Å². The second-order valence-corrected chi connectivity index (χ2v) is 5.80. The minimum Gasteiger partial charge on any atom is -0.329 e. The Morgan fingerprint density at radius 2 is 2.05 bits per heavy atom. The van der Waals surface area contributed by atoms with E-state index in [-0.39, 0.29) is 11.7 Å². The number of nitrogens with zero attached hydrogens (tertiary/aromatic N) is 2. The zero-order valence-corrected chi connectivity index (χ0v) is 13.9. The number of hydrogen-bond acceptors (Lipinski definition) is 3. The summed E-state index contributed by atoms with van der Waals surface area (Å²) in [4.78, 5) is 12.6. The fraction of sp³-hybridized carbons (Fsp3) is 0.375. The highest BCUT2D eigenvalue weighted by Gasteiger charge is 2.22. The van der Waals surface area contributed by atoms with Crippen LogP contribution >= 0.6 is 15.9 Å². The fourth-order valence-electron chi connectivity index (χ4n) is 2.46. The zero-order valence-electron chi connectivity index (χ0n) is 12.3. The Morgan fingerprint density at radius 1 is 1.38 bits per heavy atom. The molecule has 0 aliphatic carbocycles. The van der Waals surface area contributed by atoms with Gasteiger partial charge in [-0.3, -0.25) is 9.48 Å². The molecule has 0 saturated carbocycles. The van der Waals surface area contributed by atoms with Gasteiger partial charge in [0, 0.05) is 13.1 Å². The van der Waals surface area contributed by atoms with E-state index in [0.29, 0.717) is 13.0 Å². The molecular weight excluding hydrogens is 330 g/mol. The molecule has 2 rings (SSSR count). The van der Waals surface area contributed by atoms with Crippen molar-refractivity contribution in [3.63, 3.8) is 0 Å². The van der Waals surface area contributed by atoms with E-state index in [0.717, 1.165) is 28.0 Å². The van der Waals surface area contributed by atoms with Crippen LogP contribution < -0.4 is 5.73 Å². The van der Waals surface area contributed by atoms with Crippen molar-refractivity contribution in [2.24, 2.45) is 5.73 Å². The van der Waals surface area contributed by atoms with Gasteiger partial charge in [0.1, 0.15) is 5.78 Å². The van der Waals surface area contributed by atoms with Gasteiger partial charge in [0.25, 0.3) is 0 Å². The molecule has 0 saturated heterocycles. The molecule has 112 valence electrons. The minimum absolute atomic E-state index is 0.124. The Kier molecular flexibility index (Phi) is 5.31. The number of aromatic nitrogens is 2. The van der Waals surface area contributed by atoms with E-state index in [9.17, 15) is 4.79 Å². The lowest BCUT2D eigenvalue weighted by Crippen LogP contribution is -2.24. The van der Waals surface area contributed by atoms with Crippen LogP contribution in [-0.2, 0) is 17.8 Å². The van der Waals surface area contributed by atoms with Crippen molar-refractivity contribution in [2.45, 2.75) is 32.7 Å². The van der Waals surface area contributed by atoms with Gasteiger partial charge in [0.05, 0.1) is 28.2 Å². The second-order valence-electron chi connectivity index (χ2n) is 5.00. The van der Waals surface area contributed by atoms with Crippen molar-refractivity contribution < 1.29 is 4.79 Å². The molecule has 0 aliphatic heterocycles. The maximum Gasteiger partial charge on any atom is 0.147 e. The molecule has 2 aromatic rings. The number of hydrogen-bond donors (Lipinski definition) is 1. The number of nitrogens with two attached hydrogens (primary N) is 1. The van der Waals surface area contributed by atoms with E-state index in [1.165, 1.54) is 0 Å². The molecule has 0 amide bonds. The first kappa shape index (κ1) is 15.9. The van der Waals surface area contributed by atoms with Gasteiger partial charge in [-0.2, -0.15) is 5.10 Å². The summed E-state index contributed by atoms with van der Waals surface area (Å²) in [5.41, 5.74) is 8.62. The monoisotopic (exact) mass is 349 g/mol. The second kappa shape index (κ2) is 7.00. The third-order valence-electron chi connectivity index (χ3n) is 3.62. The Balaban J connectivity index is 2.25. The van der Waals surface area contributed by atoms with Crippen LogP contribution in [0.3, 0.4) is 0 Å². The van der Waals surface area contributed by atoms with Gasteiger partial charge in [-0.1, -0.05) is 30.3 Å². The van der Waals surface area contributed by atoms with Crippen LogP contribution in [0.4, 0.5) is 0 Å². The molecular formula is C16H20BrN3O. The van der Waals surface area contributed by atoms with Gasteiger partial charge in [-0.15, -0.1) is 0 Å². The van der Waals surface area contributed by atoms with E-state index in [1.54, 1.807) is 0 Å². The Bertz CT molecular complexity index is 622. The molecule has 1 aromatic heterocycles. The molecule has 4 nitrogen and oxygen atoms in total. The molecule has 21 heavy (non-hydrogen) atoms. The Hall–Kier alpha value is -1.46. The van der Waals surface area contributed by atoms with Crippen molar-refractivity contribution in [1.82, 2.24) is 9.78 Å². The first-order chi connectivity index (χ1) is 10.1. The maximum atomic E-state index is 12.6. The van der Waals surface area contributed by atoms with Crippen molar-refractivity contribution in [1.29, 1.82) is 0 Å². The highest BCUT2D eigenvalue weighted by atomic mass is 79.9. The molecule has 0 radical (unpaired) electrons. The van der Waals surface area contributed by atoms with E-state index in [2.05, 4.69) is 21.0 Å². The lowest BCUT2D eigenvalue weighted by molar-refractivity contribution is -0.119. The van der Waals surface area contributed by atoms with Crippen LogP contribution in [0.15, 0.2) is 34.8 Å². The summed E-state index contributed by atoms with van der Waals surface area (Å²) in [7, 11) is 0. The summed E-state index contributed by atoms with van der Waals surface area (Å²) >= 11 is 3.53. The number of benzene rings is 1. The number of aryl methyl sites for hydroxylation is 2. The van der Waals surface area contributed by atoms with Gasteiger partial charge < -0.3 is 5.73 Å². The summed E-state index contributed by atoms with van der Waals surface area (Å²) in [5, 5.41) is 4.43. The number of Topliss-reactive ketones (excluding diaryl/α,β-unsaturated/α-hetero) is 1. The number of carbonyl (C=O) groups excluding carboxylic acids is 1. The normalized spacial score (nSPS) is 12.4. The molecule has 1 atom stereocenters. The summed E-state index contributed by atoms with van der Waals surface area (Å²) in [6, 6.07) is 9.70. The lowest BCUT2D eigenvalue weighted by Gasteiger charge is -2.14. The molecule has 1 aromatic carbocycles. The Labute approximate surface area is 133 Å². The molecule has 0 bridgehead atoms. The molecule has 1 unspecified atom stereocenters. The average Bonchev–Trinajstić information content (AvgIpc) is 2.77. The van der Waals surface area contributed by atoms with Crippen LogP contribution in [0.1, 0.15) is 29.8 Å². The van der Waals surface area contributed by atoms with Gasteiger partial charge in [-0.05, 0) is 35.3 Å². The topological polar surface area (TPSA) is 60.9 Å². The molecule has 0 aliphatic rings. The zero-order chi connectivity index (χ0) is 15.4. The third-order valence-corrected chi connectivity index (χ3v) is 4.65. The summed E-state index contributed by atoms with van der Waals surface area (Å²) in [6.45, 7) is 5.01.